The molecule has 3 atom stereocenters. The second-order valence-corrected chi connectivity index (χ2v) is 5.59. The number of halogens is 1. The van der Waals surface area contributed by atoms with Crippen LogP contribution in [0.25, 0.3) is 0 Å². The lowest BCUT2D eigenvalue weighted by molar-refractivity contribution is 0.115. The monoisotopic (exact) mass is 281 g/mol. The molecule has 0 spiro atoms. The fraction of sp³-hybridized carbons (Fsp3) is 0.625. The van der Waals surface area contributed by atoms with Crippen molar-refractivity contribution >= 4 is 0 Å². The van der Waals surface area contributed by atoms with Crippen LogP contribution < -0.4 is 10.1 Å². The minimum absolute atomic E-state index is 0.00755. The first-order valence-corrected chi connectivity index (χ1v) is 7.39. The molecule has 4 heteroatoms. The van der Waals surface area contributed by atoms with Gasteiger partial charge in [0.15, 0.2) is 11.6 Å². The maximum absolute atomic E-state index is 13.7. The van der Waals surface area contributed by atoms with Gasteiger partial charge in [0.05, 0.1) is 13.2 Å². The maximum Gasteiger partial charge on any atom is 0.165 e. The summed E-state index contributed by atoms with van der Waals surface area (Å²) in [5.74, 6) is -0.0875. The smallest absolute Gasteiger partial charge is 0.165 e. The summed E-state index contributed by atoms with van der Waals surface area (Å²) in [5.41, 5.74) is 0.875. The number of nitrogens with one attached hydrogen (secondary N) is 1. The summed E-state index contributed by atoms with van der Waals surface area (Å²) in [6.07, 6.45) is 4.93. The van der Waals surface area contributed by atoms with Crippen molar-refractivity contribution in [2.45, 2.75) is 57.2 Å². The molecular weight excluding hydrogens is 257 g/mol. The van der Waals surface area contributed by atoms with E-state index in [4.69, 9.17) is 4.74 Å². The van der Waals surface area contributed by atoms with Crippen LogP contribution in [0, 0.1) is 5.82 Å². The molecule has 1 fully saturated rings. The van der Waals surface area contributed by atoms with Gasteiger partial charge in [-0.05, 0) is 37.5 Å². The van der Waals surface area contributed by atoms with Crippen LogP contribution in [0.3, 0.4) is 0 Å². The molecule has 3 unspecified atom stereocenters. The number of aliphatic hydroxyl groups is 1. The van der Waals surface area contributed by atoms with E-state index in [1.165, 1.54) is 19.6 Å². The first-order valence-electron chi connectivity index (χ1n) is 7.39. The third kappa shape index (κ3) is 3.70. The summed E-state index contributed by atoms with van der Waals surface area (Å²) in [4.78, 5) is 0. The SMILES string of the molecule is COc1ccc(C(C)NC2CCCCCC2O)cc1F. The van der Waals surface area contributed by atoms with Gasteiger partial charge in [0.25, 0.3) is 0 Å². The molecule has 112 valence electrons. The number of hydrogen-bond acceptors (Lipinski definition) is 3. The van der Waals surface area contributed by atoms with E-state index >= 15 is 0 Å². The molecule has 0 aliphatic heterocycles. The standard InChI is InChI=1S/C16H24FNO2/c1-11(12-8-9-16(20-2)13(17)10-12)18-14-6-4-3-5-7-15(14)19/h8-11,14-15,18-19H,3-7H2,1-2H3. The zero-order valence-electron chi connectivity index (χ0n) is 12.2. The highest BCUT2D eigenvalue weighted by Gasteiger charge is 2.23. The molecule has 2 N–H and O–H groups in total. The summed E-state index contributed by atoms with van der Waals surface area (Å²) >= 11 is 0. The van der Waals surface area contributed by atoms with Crippen molar-refractivity contribution in [3.05, 3.63) is 29.6 Å². The Hall–Kier alpha value is -1.13. The van der Waals surface area contributed by atoms with E-state index in [0.29, 0.717) is 0 Å². The van der Waals surface area contributed by atoms with Gasteiger partial charge < -0.3 is 15.2 Å². The van der Waals surface area contributed by atoms with Crippen LogP contribution in [0.15, 0.2) is 18.2 Å². The molecule has 1 aliphatic rings. The van der Waals surface area contributed by atoms with E-state index in [2.05, 4.69) is 5.32 Å². The lowest BCUT2D eigenvalue weighted by atomic mass is 10.0. The Bertz CT molecular complexity index is 438. The molecule has 1 aliphatic carbocycles. The Balaban J connectivity index is 2.03. The van der Waals surface area contributed by atoms with Crippen molar-refractivity contribution in [1.29, 1.82) is 0 Å². The first kappa shape index (κ1) is 15.3. The zero-order chi connectivity index (χ0) is 14.5. The molecular formula is C16H24FNO2. The largest absolute Gasteiger partial charge is 0.494 e. The van der Waals surface area contributed by atoms with Crippen molar-refractivity contribution in [1.82, 2.24) is 5.32 Å². The molecule has 0 bridgehead atoms. The van der Waals surface area contributed by atoms with Gasteiger partial charge in [-0.1, -0.05) is 25.3 Å². The van der Waals surface area contributed by atoms with Crippen LogP contribution in [0.5, 0.6) is 5.75 Å². The van der Waals surface area contributed by atoms with Gasteiger partial charge in [-0.25, -0.2) is 4.39 Å². The average Bonchev–Trinajstić information content (AvgIpc) is 2.64. The molecule has 20 heavy (non-hydrogen) atoms. The molecule has 0 amide bonds. The average molecular weight is 281 g/mol. The molecule has 1 aromatic carbocycles. The highest BCUT2D eigenvalue weighted by molar-refractivity contribution is 5.30. The fourth-order valence-corrected chi connectivity index (χ4v) is 2.85. The predicted molar refractivity (Wildman–Crippen MR) is 77.4 cm³/mol. The van der Waals surface area contributed by atoms with Crippen molar-refractivity contribution in [2.24, 2.45) is 0 Å². The Morgan fingerprint density at radius 1 is 1.30 bits per heavy atom. The third-order valence-corrected chi connectivity index (χ3v) is 4.12. The van der Waals surface area contributed by atoms with E-state index in [-0.39, 0.29) is 29.8 Å². The van der Waals surface area contributed by atoms with Crippen LogP contribution in [0.1, 0.15) is 50.6 Å². The molecule has 0 radical (unpaired) electrons. The van der Waals surface area contributed by atoms with E-state index in [1.807, 2.05) is 13.0 Å². The minimum Gasteiger partial charge on any atom is -0.494 e. The van der Waals surface area contributed by atoms with E-state index in [1.54, 1.807) is 6.07 Å². The summed E-state index contributed by atoms with van der Waals surface area (Å²) in [7, 11) is 1.46. The van der Waals surface area contributed by atoms with E-state index in [0.717, 1.165) is 31.2 Å². The number of methoxy groups -OCH3 is 1. The highest BCUT2D eigenvalue weighted by Crippen LogP contribution is 2.24. The van der Waals surface area contributed by atoms with Gasteiger partial charge in [0.1, 0.15) is 0 Å². The van der Waals surface area contributed by atoms with Crippen LogP contribution >= 0.6 is 0 Å². The maximum atomic E-state index is 13.7. The number of aliphatic hydroxyl groups excluding tert-OH is 1. The topological polar surface area (TPSA) is 41.5 Å². The first-order chi connectivity index (χ1) is 9.61. The third-order valence-electron chi connectivity index (χ3n) is 4.12. The number of benzene rings is 1. The van der Waals surface area contributed by atoms with Gasteiger partial charge in [-0.3, -0.25) is 0 Å². The van der Waals surface area contributed by atoms with Gasteiger partial charge in [0, 0.05) is 12.1 Å². The number of ether oxygens (including phenoxy) is 1. The van der Waals surface area contributed by atoms with E-state index < -0.39 is 0 Å². The van der Waals surface area contributed by atoms with Crippen molar-refractivity contribution in [3.63, 3.8) is 0 Å². The normalized spacial score (nSPS) is 25.0. The highest BCUT2D eigenvalue weighted by atomic mass is 19.1. The van der Waals surface area contributed by atoms with Crippen LogP contribution in [-0.4, -0.2) is 24.4 Å². The molecule has 2 rings (SSSR count). The summed E-state index contributed by atoms with van der Waals surface area (Å²) in [6.45, 7) is 2.00. The lowest BCUT2D eigenvalue weighted by Crippen LogP contribution is -2.40. The summed E-state index contributed by atoms with van der Waals surface area (Å²) in [5, 5.41) is 13.6. The lowest BCUT2D eigenvalue weighted by Gasteiger charge is -2.26. The number of rotatable bonds is 4. The molecule has 1 saturated carbocycles. The molecule has 0 aromatic heterocycles. The van der Waals surface area contributed by atoms with Crippen LogP contribution in [-0.2, 0) is 0 Å². The molecule has 0 heterocycles. The Morgan fingerprint density at radius 3 is 2.75 bits per heavy atom. The Morgan fingerprint density at radius 2 is 2.05 bits per heavy atom. The molecule has 3 nitrogen and oxygen atoms in total. The second-order valence-electron chi connectivity index (χ2n) is 5.59. The van der Waals surface area contributed by atoms with Crippen LogP contribution in [0.4, 0.5) is 4.39 Å². The van der Waals surface area contributed by atoms with E-state index in [9.17, 15) is 9.50 Å². The second kappa shape index (κ2) is 7.04. The Kier molecular flexibility index (Phi) is 5.38. The summed E-state index contributed by atoms with van der Waals surface area (Å²) < 4.78 is 18.7. The van der Waals surface area contributed by atoms with Gasteiger partial charge in [-0.2, -0.15) is 0 Å². The Labute approximate surface area is 120 Å². The van der Waals surface area contributed by atoms with Crippen molar-refractivity contribution < 1.29 is 14.2 Å². The molecule has 1 aromatic rings. The molecule has 0 saturated heterocycles. The van der Waals surface area contributed by atoms with Gasteiger partial charge in [-0.15, -0.1) is 0 Å². The quantitative estimate of drug-likeness (QED) is 0.833. The minimum atomic E-state index is -0.347. The van der Waals surface area contributed by atoms with Gasteiger partial charge >= 0.3 is 0 Å². The summed E-state index contributed by atoms with van der Waals surface area (Å²) in [6, 6.07) is 5.11. The van der Waals surface area contributed by atoms with Crippen LogP contribution in [0.2, 0.25) is 0 Å². The van der Waals surface area contributed by atoms with Gasteiger partial charge in [0.2, 0.25) is 0 Å². The van der Waals surface area contributed by atoms with Crippen molar-refractivity contribution in [2.75, 3.05) is 7.11 Å². The fourth-order valence-electron chi connectivity index (χ4n) is 2.85. The zero-order valence-corrected chi connectivity index (χ0v) is 12.2. The number of hydrogen-bond donors (Lipinski definition) is 2. The van der Waals surface area contributed by atoms with Crippen molar-refractivity contribution in [3.8, 4) is 5.75 Å². The predicted octanol–water partition coefficient (Wildman–Crippen LogP) is 3.18.